The summed E-state index contributed by atoms with van der Waals surface area (Å²) < 4.78 is 0. The predicted molar refractivity (Wildman–Crippen MR) is 210 cm³/mol. The zero-order chi connectivity index (χ0) is 33.9. The fraction of sp³-hybridized carbons (Fsp3) is 0.956. The third-order valence-corrected chi connectivity index (χ3v) is 13.3. The molecule has 0 amide bonds. The van der Waals surface area contributed by atoms with E-state index in [0.717, 1.165) is 47.3 Å². The summed E-state index contributed by atoms with van der Waals surface area (Å²) >= 11 is 0. The summed E-state index contributed by atoms with van der Waals surface area (Å²) in [5.74, 6) is 7.49. The molecule has 0 radical (unpaired) electrons. The predicted octanol–water partition coefficient (Wildman–Crippen LogP) is 13.2. The normalized spacial score (nSPS) is 26.2. The van der Waals surface area contributed by atoms with Crippen molar-refractivity contribution in [2.45, 2.75) is 189 Å². The van der Waals surface area contributed by atoms with E-state index in [-0.39, 0.29) is 0 Å². The summed E-state index contributed by atoms with van der Waals surface area (Å²) in [4.78, 5) is 5.54. The Morgan fingerprint density at radius 2 is 0.894 bits per heavy atom. The van der Waals surface area contributed by atoms with E-state index in [1.54, 1.807) is 5.57 Å². The lowest BCUT2D eigenvalue weighted by Crippen LogP contribution is -2.47. The van der Waals surface area contributed by atoms with Gasteiger partial charge >= 0.3 is 0 Å². The molecule has 2 atom stereocenters. The van der Waals surface area contributed by atoms with E-state index in [1.165, 1.54) is 187 Å². The third kappa shape index (κ3) is 18.5. The molecule has 47 heavy (non-hydrogen) atoms. The average molecular weight is 655 g/mol. The number of rotatable bonds is 24. The van der Waals surface area contributed by atoms with E-state index in [9.17, 15) is 0 Å². The van der Waals surface area contributed by atoms with Crippen LogP contribution in [0.5, 0.6) is 0 Å². The van der Waals surface area contributed by atoms with E-state index in [2.05, 4.69) is 57.9 Å². The van der Waals surface area contributed by atoms with Crippen LogP contribution in [0.2, 0.25) is 0 Å². The highest BCUT2D eigenvalue weighted by atomic mass is 15.3. The zero-order valence-electron chi connectivity index (χ0n) is 33.2. The highest BCUT2D eigenvalue weighted by Crippen LogP contribution is 2.37. The highest BCUT2D eigenvalue weighted by Gasteiger charge is 2.25. The molecule has 2 unspecified atom stereocenters. The van der Waals surface area contributed by atoms with Crippen molar-refractivity contribution in [1.29, 1.82) is 0 Å². The minimum absolute atomic E-state index is 0.821. The molecule has 0 aromatic heterocycles. The van der Waals surface area contributed by atoms with E-state index in [1.807, 2.05) is 0 Å². The van der Waals surface area contributed by atoms with Crippen LogP contribution in [0.1, 0.15) is 189 Å². The maximum Gasteiger partial charge on any atom is 0.0110 e. The van der Waals surface area contributed by atoms with Gasteiger partial charge in [-0.1, -0.05) is 156 Å². The number of hydrogen-bond donors (Lipinski definition) is 0. The second kappa shape index (κ2) is 24.0. The summed E-state index contributed by atoms with van der Waals surface area (Å²) in [5.41, 5.74) is 1.59. The van der Waals surface area contributed by atoms with Gasteiger partial charge in [0.05, 0.1) is 0 Å². The topological polar surface area (TPSA) is 6.48 Å². The van der Waals surface area contributed by atoms with Gasteiger partial charge in [-0.15, -0.1) is 0 Å². The van der Waals surface area contributed by atoms with Gasteiger partial charge in [-0.2, -0.15) is 0 Å². The van der Waals surface area contributed by atoms with Gasteiger partial charge in [0.15, 0.2) is 0 Å². The van der Waals surface area contributed by atoms with Crippen molar-refractivity contribution in [2.24, 2.45) is 47.3 Å². The first-order valence-electron chi connectivity index (χ1n) is 21.8. The SMILES string of the molecule is C=C(CCCN1CCN(CCC2CCC(CCCC(C)CCCC(C)C)CC2)CC1)C1CCC(CCCC(C)CCCC(C)C)CC1. The molecule has 2 heteroatoms. The van der Waals surface area contributed by atoms with Gasteiger partial charge in [0.1, 0.15) is 0 Å². The van der Waals surface area contributed by atoms with E-state index in [0.29, 0.717) is 0 Å². The lowest BCUT2D eigenvalue weighted by Gasteiger charge is -2.36. The van der Waals surface area contributed by atoms with Crippen molar-refractivity contribution in [1.82, 2.24) is 9.80 Å². The maximum atomic E-state index is 4.61. The van der Waals surface area contributed by atoms with Crippen molar-refractivity contribution in [3.63, 3.8) is 0 Å². The van der Waals surface area contributed by atoms with Crippen molar-refractivity contribution >= 4 is 0 Å². The molecule has 3 rings (SSSR count). The van der Waals surface area contributed by atoms with Crippen LogP contribution in [0.25, 0.3) is 0 Å². The van der Waals surface area contributed by atoms with E-state index >= 15 is 0 Å². The Hall–Kier alpha value is -0.340. The van der Waals surface area contributed by atoms with Gasteiger partial charge in [-0.05, 0) is 105 Å². The minimum atomic E-state index is 0.821. The van der Waals surface area contributed by atoms with Gasteiger partial charge in [-0.25, -0.2) is 0 Å². The van der Waals surface area contributed by atoms with Crippen LogP contribution < -0.4 is 0 Å². The lowest BCUT2D eigenvalue weighted by molar-refractivity contribution is 0.120. The summed E-state index contributed by atoms with van der Waals surface area (Å²) in [6, 6.07) is 0. The van der Waals surface area contributed by atoms with Gasteiger partial charge in [0.2, 0.25) is 0 Å². The molecule has 2 nitrogen and oxygen atoms in total. The summed E-state index contributed by atoms with van der Waals surface area (Å²) in [6.45, 7) is 26.9. The van der Waals surface area contributed by atoms with Crippen molar-refractivity contribution in [3.05, 3.63) is 12.2 Å². The van der Waals surface area contributed by atoms with Gasteiger partial charge in [0, 0.05) is 26.2 Å². The number of allylic oxidation sites excluding steroid dienone is 1. The summed E-state index contributed by atoms with van der Waals surface area (Å²) in [5, 5.41) is 0. The molecule has 1 saturated heterocycles. The molecule has 0 N–H and O–H groups in total. The van der Waals surface area contributed by atoms with Crippen LogP contribution in [0.15, 0.2) is 12.2 Å². The second-order valence-electron chi connectivity index (χ2n) is 18.6. The molecule has 1 heterocycles. The fourth-order valence-corrected chi connectivity index (χ4v) is 9.55. The van der Waals surface area contributed by atoms with Crippen LogP contribution in [0.4, 0.5) is 0 Å². The van der Waals surface area contributed by atoms with Crippen LogP contribution >= 0.6 is 0 Å². The van der Waals surface area contributed by atoms with Gasteiger partial charge in [-0.3, -0.25) is 0 Å². The first-order chi connectivity index (χ1) is 22.7. The number of hydrogen-bond acceptors (Lipinski definition) is 2. The minimum Gasteiger partial charge on any atom is -0.301 e. The van der Waals surface area contributed by atoms with Crippen LogP contribution in [0, 0.1) is 47.3 Å². The number of nitrogens with zero attached hydrogens (tertiary/aromatic N) is 2. The Morgan fingerprint density at radius 1 is 0.489 bits per heavy atom. The molecule has 0 spiro atoms. The van der Waals surface area contributed by atoms with Crippen molar-refractivity contribution < 1.29 is 0 Å². The molecule has 3 fully saturated rings. The fourth-order valence-electron chi connectivity index (χ4n) is 9.55. The molecule has 0 bridgehead atoms. The molecule has 2 saturated carbocycles. The molecule has 2 aliphatic carbocycles. The maximum absolute atomic E-state index is 4.61. The third-order valence-electron chi connectivity index (χ3n) is 13.3. The Morgan fingerprint density at radius 3 is 1.36 bits per heavy atom. The molecule has 276 valence electrons. The first-order valence-corrected chi connectivity index (χ1v) is 21.8. The zero-order valence-corrected chi connectivity index (χ0v) is 33.2. The standard InChI is InChI=1S/C45H86N2/c1-37(2)13-8-15-39(5)17-10-20-42-22-24-44(25-23-42)30-32-47-35-33-46(34-36-47)31-12-19-41(7)45-28-26-43(27-29-45)21-11-18-40(6)16-9-14-38(3)4/h37-40,42-45H,7-36H2,1-6H3. The van der Waals surface area contributed by atoms with Crippen LogP contribution in [-0.4, -0.2) is 49.1 Å². The highest BCUT2D eigenvalue weighted by molar-refractivity contribution is 5.02. The second-order valence-corrected chi connectivity index (χ2v) is 18.6. The van der Waals surface area contributed by atoms with Gasteiger partial charge < -0.3 is 9.80 Å². The van der Waals surface area contributed by atoms with Gasteiger partial charge in [0.25, 0.3) is 0 Å². The van der Waals surface area contributed by atoms with Crippen molar-refractivity contribution in [3.8, 4) is 0 Å². The first kappa shape index (κ1) is 41.1. The Kier molecular flexibility index (Phi) is 20.9. The Balaban J connectivity index is 1.13. The summed E-state index contributed by atoms with van der Waals surface area (Å²) in [6.07, 6.45) is 33.4. The largest absolute Gasteiger partial charge is 0.301 e. The van der Waals surface area contributed by atoms with Crippen molar-refractivity contribution in [2.75, 3.05) is 39.3 Å². The van der Waals surface area contributed by atoms with E-state index < -0.39 is 0 Å². The molecular formula is C45H86N2. The molecule has 0 aromatic carbocycles. The Labute approximate surface area is 297 Å². The summed E-state index contributed by atoms with van der Waals surface area (Å²) in [7, 11) is 0. The number of piperazine rings is 1. The monoisotopic (exact) mass is 655 g/mol. The van der Waals surface area contributed by atoms with E-state index in [4.69, 9.17) is 0 Å². The quantitative estimate of drug-likeness (QED) is 0.0956. The van der Waals surface area contributed by atoms with Crippen LogP contribution in [0.3, 0.4) is 0 Å². The lowest BCUT2D eigenvalue weighted by atomic mass is 9.76. The molecular weight excluding hydrogens is 569 g/mol. The smallest absolute Gasteiger partial charge is 0.0110 e. The molecule has 0 aromatic rings. The average Bonchev–Trinajstić information content (AvgIpc) is 3.05. The molecule has 3 aliphatic rings. The van der Waals surface area contributed by atoms with Crippen LogP contribution in [-0.2, 0) is 0 Å². The molecule has 1 aliphatic heterocycles. The Bertz CT molecular complexity index is 763.